The highest BCUT2D eigenvalue weighted by atomic mass is 16.1. The smallest absolute Gasteiger partial charge is 0.253 e. The number of amides is 1. The number of carbonyl (C=O) groups excluding carboxylic acids is 1. The molecule has 3 fully saturated rings. The van der Waals surface area contributed by atoms with Gasteiger partial charge in [-0.2, -0.15) is 0 Å². The summed E-state index contributed by atoms with van der Waals surface area (Å²) in [4.78, 5) is 12.7. The zero-order chi connectivity index (χ0) is 15.4. The predicted molar refractivity (Wildman–Crippen MR) is 88.0 cm³/mol. The first kappa shape index (κ1) is 14.3. The number of carbonyl (C=O) groups is 1. The van der Waals surface area contributed by atoms with Crippen LogP contribution in [-0.4, -0.2) is 16.5 Å². The molecule has 1 aromatic heterocycles. The summed E-state index contributed by atoms with van der Waals surface area (Å²) < 4.78 is 2.36. The van der Waals surface area contributed by atoms with Gasteiger partial charge in [-0.1, -0.05) is 6.42 Å². The summed E-state index contributed by atoms with van der Waals surface area (Å²) in [6.07, 6.45) is 8.06. The Labute approximate surface area is 133 Å². The normalized spacial score (nSPS) is 31.5. The van der Waals surface area contributed by atoms with Crippen LogP contribution < -0.4 is 5.32 Å². The van der Waals surface area contributed by atoms with Crippen molar-refractivity contribution in [2.24, 2.45) is 17.8 Å². The third kappa shape index (κ3) is 2.29. The van der Waals surface area contributed by atoms with Crippen LogP contribution in [-0.2, 0) is 0 Å². The molecule has 2 bridgehead atoms. The van der Waals surface area contributed by atoms with Gasteiger partial charge in [0.2, 0.25) is 0 Å². The van der Waals surface area contributed by atoms with E-state index >= 15 is 0 Å². The minimum Gasteiger partial charge on any atom is -0.349 e. The fourth-order valence-electron chi connectivity index (χ4n) is 5.20. The second-order valence-electron chi connectivity index (χ2n) is 7.99. The maximum absolute atomic E-state index is 12.7. The molecule has 1 aromatic rings. The molecule has 0 aliphatic heterocycles. The van der Waals surface area contributed by atoms with Crippen LogP contribution in [0.2, 0.25) is 0 Å². The van der Waals surface area contributed by atoms with E-state index in [2.05, 4.69) is 36.7 Å². The Morgan fingerprint density at radius 1 is 1.23 bits per heavy atom. The van der Waals surface area contributed by atoms with Crippen molar-refractivity contribution in [3.63, 3.8) is 0 Å². The predicted octanol–water partition coefficient (Wildman–Crippen LogP) is 3.99. The molecule has 0 radical (unpaired) electrons. The number of aromatic nitrogens is 1. The molecule has 3 heteroatoms. The molecular weight excluding hydrogens is 272 g/mol. The largest absolute Gasteiger partial charge is 0.349 e. The maximum Gasteiger partial charge on any atom is 0.253 e. The van der Waals surface area contributed by atoms with Crippen molar-refractivity contribution in [1.82, 2.24) is 9.88 Å². The highest BCUT2D eigenvalue weighted by molar-refractivity contribution is 5.96. The fraction of sp³-hybridized carbons (Fsp3) is 0.737. The molecule has 1 heterocycles. The molecule has 3 aliphatic rings. The molecule has 0 aromatic carbocycles. The van der Waals surface area contributed by atoms with Crippen LogP contribution in [0.1, 0.15) is 73.2 Å². The van der Waals surface area contributed by atoms with E-state index in [0.717, 1.165) is 23.1 Å². The van der Waals surface area contributed by atoms with E-state index in [1.54, 1.807) is 0 Å². The number of aryl methyl sites for hydroxylation is 1. The van der Waals surface area contributed by atoms with Gasteiger partial charge < -0.3 is 9.88 Å². The van der Waals surface area contributed by atoms with Gasteiger partial charge in [-0.15, -0.1) is 0 Å². The Bertz CT molecular complexity index is 599. The number of rotatable bonds is 4. The van der Waals surface area contributed by atoms with Gasteiger partial charge in [-0.25, -0.2) is 0 Å². The topological polar surface area (TPSA) is 34.0 Å². The van der Waals surface area contributed by atoms with Gasteiger partial charge in [-0.3, -0.25) is 4.79 Å². The molecule has 4 atom stereocenters. The number of hydrogen-bond acceptors (Lipinski definition) is 1. The fourth-order valence-corrected chi connectivity index (χ4v) is 5.20. The highest BCUT2D eigenvalue weighted by Crippen LogP contribution is 2.49. The Kier molecular flexibility index (Phi) is 3.35. The Hall–Kier alpha value is -1.25. The highest BCUT2D eigenvalue weighted by Gasteiger charge is 2.42. The minimum atomic E-state index is 0.135. The quantitative estimate of drug-likeness (QED) is 0.896. The van der Waals surface area contributed by atoms with E-state index in [4.69, 9.17) is 0 Å². The van der Waals surface area contributed by atoms with E-state index in [1.807, 2.05) is 0 Å². The summed E-state index contributed by atoms with van der Waals surface area (Å²) in [5, 5.41) is 3.31. The van der Waals surface area contributed by atoms with E-state index < -0.39 is 0 Å². The van der Waals surface area contributed by atoms with Crippen LogP contribution in [0.15, 0.2) is 6.07 Å². The molecule has 3 saturated carbocycles. The minimum absolute atomic E-state index is 0.135. The van der Waals surface area contributed by atoms with Crippen molar-refractivity contribution < 1.29 is 4.79 Å². The summed E-state index contributed by atoms with van der Waals surface area (Å²) in [7, 11) is 0. The van der Waals surface area contributed by atoms with Crippen molar-refractivity contribution in [2.75, 3.05) is 0 Å². The van der Waals surface area contributed by atoms with Crippen molar-refractivity contribution in [3.05, 3.63) is 23.0 Å². The number of nitrogens with one attached hydrogen (secondary N) is 1. The molecule has 1 amide bonds. The number of fused-ring (bicyclic) bond motifs is 2. The Morgan fingerprint density at radius 2 is 2.00 bits per heavy atom. The molecule has 4 rings (SSSR count). The van der Waals surface area contributed by atoms with Gasteiger partial charge in [0, 0.05) is 23.5 Å². The van der Waals surface area contributed by atoms with Crippen molar-refractivity contribution >= 4 is 5.91 Å². The van der Waals surface area contributed by atoms with Crippen LogP contribution in [0.25, 0.3) is 0 Å². The van der Waals surface area contributed by atoms with Gasteiger partial charge >= 0.3 is 0 Å². The summed E-state index contributed by atoms with van der Waals surface area (Å²) in [6.45, 7) is 6.44. The van der Waals surface area contributed by atoms with Gasteiger partial charge in [0.15, 0.2) is 0 Å². The maximum atomic E-state index is 12.7. The zero-order valence-corrected chi connectivity index (χ0v) is 14.1. The van der Waals surface area contributed by atoms with E-state index in [0.29, 0.717) is 18.0 Å². The average molecular weight is 300 g/mol. The molecule has 0 saturated heterocycles. The monoisotopic (exact) mass is 300 g/mol. The standard InChI is InChI=1S/C19H28N2O/c1-11-8-18(13(3)21(11)16-6-7-16)19(22)20-12(2)17-10-14-4-5-15(17)9-14/h8,12,14-17H,4-7,9-10H2,1-3H3,(H,20,22). The molecule has 3 aliphatic carbocycles. The summed E-state index contributed by atoms with van der Waals surface area (Å²) >= 11 is 0. The first-order valence-electron chi connectivity index (χ1n) is 9.04. The lowest BCUT2D eigenvalue weighted by Crippen LogP contribution is -2.40. The van der Waals surface area contributed by atoms with Gasteiger partial charge in [0.1, 0.15) is 0 Å². The van der Waals surface area contributed by atoms with Crippen molar-refractivity contribution in [1.29, 1.82) is 0 Å². The van der Waals surface area contributed by atoms with Gasteiger partial charge in [0.05, 0.1) is 5.56 Å². The van der Waals surface area contributed by atoms with Crippen LogP contribution >= 0.6 is 0 Å². The average Bonchev–Trinajstić information content (AvgIpc) is 2.95. The lowest BCUT2D eigenvalue weighted by atomic mass is 9.84. The van der Waals surface area contributed by atoms with Crippen LogP contribution in [0, 0.1) is 31.6 Å². The second-order valence-corrected chi connectivity index (χ2v) is 7.99. The summed E-state index contributed by atoms with van der Waals surface area (Å²) in [5.41, 5.74) is 3.27. The van der Waals surface area contributed by atoms with Crippen molar-refractivity contribution in [2.45, 2.75) is 71.4 Å². The van der Waals surface area contributed by atoms with Crippen LogP contribution in [0.3, 0.4) is 0 Å². The number of hydrogen-bond donors (Lipinski definition) is 1. The molecule has 3 nitrogen and oxygen atoms in total. The lowest BCUT2D eigenvalue weighted by Gasteiger charge is -2.28. The van der Waals surface area contributed by atoms with E-state index in [1.165, 1.54) is 44.2 Å². The van der Waals surface area contributed by atoms with Crippen LogP contribution in [0.4, 0.5) is 0 Å². The zero-order valence-electron chi connectivity index (χ0n) is 14.1. The SMILES string of the molecule is Cc1cc(C(=O)NC(C)C2CC3CCC2C3)c(C)n1C1CC1. The second kappa shape index (κ2) is 5.14. The molecule has 0 spiro atoms. The summed E-state index contributed by atoms with van der Waals surface area (Å²) in [5.74, 6) is 2.64. The first-order chi connectivity index (χ1) is 10.5. The van der Waals surface area contributed by atoms with Crippen molar-refractivity contribution in [3.8, 4) is 0 Å². The van der Waals surface area contributed by atoms with E-state index in [-0.39, 0.29) is 5.91 Å². The van der Waals surface area contributed by atoms with Crippen LogP contribution in [0.5, 0.6) is 0 Å². The molecule has 120 valence electrons. The number of nitrogens with zero attached hydrogens (tertiary/aromatic N) is 1. The first-order valence-corrected chi connectivity index (χ1v) is 9.04. The summed E-state index contributed by atoms with van der Waals surface area (Å²) in [6, 6.07) is 3.03. The molecule has 1 N–H and O–H groups in total. The Morgan fingerprint density at radius 3 is 2.59 bits per heavy atom. The Balaban J connectivity index is 1.47. The third-order valence-electron chi connectivity index (χ3n) is 6.43. The van der Waals surface area contributed by atoms with E-state index in [9.17, 15) is 4.79 Å². The lowest BCUT2D eigenvalue weighted by molar-refractivity contribution is 0.0914. The molecule has 4 unspecified atom stereocenters. The molecule has 22 heavy (non-hydrogen) atoms. The third-order valence-corrected chi connectivity index (χ3v) is 6.43. The van der Waals surface area contributed by atoms with Gasteiger partial charge in [0.25, 0.3) is 5.91 Å². The van der Waals surface area contributed by atoms with Gasteiger partial charge in [-0.05, 0) is 76.7 Å². The molecular formula is C19H28N2O.